The summed E-state index contributed by atoms with van der Waals surface area (Å²) in [5, 5.41) is 23.1. The number of pyridine rings is 2. The molecule has 22 aromatic carbocycles. The minimum Gasteiger partial charge on any atom is -0.264 e. The van der Waals surface area contributed by atoms with E-state index in [1.165, 1.54) is 147 Å². The maximum Gasteiger partial charge on any atom is 0.164 e. The predicted molar refractivity (Wildman–Crippen MR) is 578 cm³/mol. The number of rotatable bonds is 14. The predicted octanol–water partition coefficient (Wildman–Crippen LogP) is 34.5. The van der Waals surface area contributed by atoms with Gasteiger partial charge in [0.15, 0.2) is 17.5 Å². The van der Waals surface area contributed by atoms with Crippen LogP contribution in [0.4, 0.5) is 0 Å². The number of aromatic nitrogens is 7. The third-order valence-electron chi connectivity index (χ3n) is 26.7. The molecule has 4 heterocycles. The second-order valence-electron chi connectivity index (χ2n) is 34.9. The van der Waals surface area contributed by atoms with Gasteiger partial charge in [0.25, 0.3) is 0 Å². The highest BCUT2D eigenvalue weighted by Crippen LogP contribution is 2.46. The van der Waals surface area contributed by atoms with Crippen molar-refractivity contribution < 1.29 is 0 Å². The van der Waals surface area contributed by atoms with Crippen molar-refractivity contribution in [3.8, 4) is 157 Å². The molecule has 26 rings (SSSR count). The smallest absolute Gasteiger partial charge is 0.164 e. The number of benzene rings is 22. The molecule has 138 heavy (non-hydrogen) atoms. The third-order valence-corrected chi connectivity index (χ3v) is 26.7. The maximum absolute atomic E-state index is 5.11. The molecule has 4 aromatic heterocycles. The first-order valence-corrected chi connectivity index (χ1v) is 46.8. The van der Waals surface area contributed by atoms with Gasteiger partial charge in [-0.25, -0.2) is 29.9 Å². The summed E-state index contributed by atoms with van der Waals surface area (Å²) >= 11 is 0. The first kappa shape index (κ1) is 82.7. The van der Waals surface area contributed by atoms with Gasteiger partial charge in [0.1, 0.15) is 6.33 Å². The minimum absolute atomic E-state index is 0.606. The molecule has 0 bridgehead atoms. The molecule has 7 heteroatoms. The van der Waals surface area contributed by atoms with Gasteiger partial charge in [0.2, 0.25) is 0 Å². The van der Waals surface area contributed by atoms with Crippen LogP contribution in [-0.2, 0) is 0 Å². The monoisotopic (exact) mass is 1760 g/mol. The van der Waals surface area contributed by atoms with Crippen molar-refractivity contribution in [2.75, 3.05) is 0 Å². The van der Waals surface area contributed by atoms with E-state index in [1.807, 2.05) is 42.5 Å². The zero-order valence-electron chi connectivity index (χ0n) is 75.2. The van der Waals surface area contributed by atoms with E-state index in [9.17, 15) is 0 Å². The Kier molecular flexibility index (Phi) is 21.9. The lowest BCUT2D eigenvalue weighted by molar-refractivity contribution is 1.06. The van der Waals surface area contributed by atoms with Gasteiger partial charge in [0.05, 0.1) is 22.8 Å². The average Bonchev–Trinajstić information content (AvgIpc) is 0.745. The highest BCUT2D eigenvalue weighted by atomic mass is 15.0. The first-order chi connectivity index (χ1) is 68.4. The summed E-state index contributed by atoms with van der Waals surface area (Å²) in [7, 11) is 0. The topological polar surface area (TPSA) is 90.2 Å². The summed E-state index contributed by atoms with van der Waals surface area (Å²) in [6, 6.07) is 177. The quantitative estimate of drug-likeness (QED) is 0.100. The molecular weight excluding hydrogens is 1670 g/mol. The summed E-state index contributed by atoms with van der Waals surface area (Å²) in [6.45, 7) is 0. The Labute approximate surface area is 799 Å². The molecule has 0 spiro atoms. The summed E-state index contributed by atoms with van der Waals surface area (Å²) < 4.78 is 0. The fraction of sp³-hybridized carbons (Fsp3) is 0. The number of hydrogen-bond acceptors (Lipinski definition) is 7. The van der Waals surface area contributed by atoms with Crippen LogP contribution in [0.5, 0.6) is 0 Å². The van der Waals surface area contributed by atoms with Crippen LogP contribution in [0, 0.1) is 0 Å². The number of hydrogen-bond donors (Lipinski definition) is 0. The highest BCUT2D eigenvalue weighted by molar-refractivity contribution is 6.28. The van der Waals surface area contributed by atoms with Gasteiger partial charge in [-0.3, -0.25) is 4.98 Å². The lowest BCUT2D eigenvalue weighted by Crippen LogP contribution is -1.97. The zero-order valence-corrected chi connectivity index (χ0v) is 75.2. The molecule has 0 atom stereocenters. The van der Waals surface area contributed by atoms with Gasteiger partial charge in [-0.15, -0.1) is 0 Å². The molecule has 0 amide bonds. The second-order valence-corrected chi connectivity index (χ2v) is 34.9. The molecule has 0 saturated heterocycles. The van der Waals surface area contributed by atoms with Crippen LogP contribution >= 0.6 is 0 Å². The lowest BCUT2D eigenvalue weighted by Gasteiger charge is -2.15. The Hall–Kier alpha value is -18.4. The van der Waals surface area contributed by atoms with Gasteiger partial charge in [-0.05, 0) is 229 Å². The molecule has 644 valence electrons. The molecule has 0 aliphatic carbocycles. The Balaban J connectivity index is 0.000000113. The Morgan fingerprint density at radius 1 is 0.123 bits per heavy atom. The summed E-state index contributed by atoms with van der Waals surface area (Å²) in [5.74, 6) is 1.95. The van der Waals surface area contributed by atoms with Crippen LogP contribution in [0.3, 0.4) is 0 Å². The normalized spacial score (nSPS) is 11.3. The van der Waals surface area contributed by atoms with E-state index in [0.29, 0.717) is 17.5 Å². The van der Waals surface area contributed by atoms with Crippen LogP contribution in [0.1, 0.15) is 0 Å². The maximum atomic E-state index is 5.11. The Morgan fingerprint density at radius 3 is 0.761 bits per heavy atom. The van der Waals surface area contributed by atoms with Crippen molar-refractivity contribution in [1.82, 2.24) is 34.9 Å². The Morgan fingerprint density at radius 2 is 0.384 bits per heavy atom. The standard InChI is InChI=1S/C47H31N.C46H30N2.C38H24N4/c1-3-13-34(14-4-1)46-30-37(31-47(48-46)35-15-5-2-6-16-35)39-18-8-7-17-38(39)33-25-23-32(24-26-33)36-27-28-44-42-21-10-9-19-40(42)41-20-11-12-22-43(41)45(44)29-36;1-3-13-33(14-4-1)44-30-45(34-15-5-2-6-16-34)48-46(47-44)42-22-12-7-17-36(42)32-25-23-31(24-26-32)35-27-28-41-39-20-9-8-18-37(39)38-19-10-11-21-40(38)43(41)29-35;1-2-13-30(26-18-19-35-33-16-4-3-14-31(33)32-15-5-6-17-34(32)36(35)22-26)29(12-1)25-9-7-10-27(21-25)37-40-24-41-38(42-37)28-11-8-20-39-23-28/h1-31H;1-30H;1-24H. The fourth-order valence-corrected chi connectivity index (χ4v) is 20.0. The van der Waals surface area contributed by atoms with Crippen LogP contribution in [0.25, 0.3) is 254 Å². The van der Waals surface area contributed by atoms with Crippen molar-refractivity contribution >= 4 is 97.0 Å². The average molecular weight is 1760 g/mol. The molecule has 0 N–H and O–H groups in total. The van der Waals surface area contributed by atoms with Crippen molar-refractivity contribution in [1.29, 1.82) is 0 Å². The summed E-state index contributed by atoms with van der Waals surface area (Å²) in [5.41, 5.74) is 27.3. The lowest BCUT2D eigenvalue weighted by atomic mass is 9.89. The van der Waals surface area contributed by atoms with E-state index < -0.39 is 0 Å². The van der Waals surface area contributed by atoms with Gasteiger partial charge in [-0.1, -0.05) is 443 Å². The van der Waals surface area contributed by atoms with Crippen molar-refractivity contribution in [3.63, 3.8) is 0 Å². The van der Waals surface area contributed by atoms with Gasteiger partial charge in [0, 0.05) is 51.3 Å². The fourth-order valence-electron chi connectivity index (χ4n) is 20.0. The number of nitrogens with zero attached hydrogens (tertiary/aromatic N) is 7. The number of fused-ring (bicyclic) bond motifs is 18. The molecule has 0 unspecified atom stereocenters. The van der Waals surface area contributed by atoms with Crippen molar-refractivity contribution in [2.45, 2.75) is 0 Å². The second kappa shape index (κ2) is 36.6. The van der Waals surface area contributed by atoms with E-state index in [-0.39, 0.29) is 0 Å². The van der Waals surface area contributed by atoms with E-state index in [1.54, 1.807) is 18.7 Å². The van der Waals surface area contributed by atoms with Crippen LogP contribution in [0.2, 0.25) is 0 Å². The van der Waals surface area contributed by atoms with Crippen LogP contribution in [-0.4, -0.2) is 34.9 Å². The van der Waals surface area contributed by atoms with E-state index >= 15 is 0 Å². The zero-order chi connectivity index (χ0) is 91.6. The molecule has 0 radical (unpaired) electrons. The summed E-state index contributed by atoms with van der Waals surface area (Å²) in [6.07, 6.45) is 5.07. The molecule has 7 nitrogen and oxygen atoms in total. The van der Waals surface area contributed by atoms with Crippen molar-refractivity contribution in [2.24, 2.45) is 0 Å². The highest BCUT2D eigenvalue weighted by Gasteiger charge is 2.21. The minimum atomic E-state index is 0.606. The molecule has 26 aromatic rings. The molecule has 0 aliphatic rings. The van der Waals surface area contributed by atoms with Gasteiger partial charge >= 0.3 is 0 Å². The largest absolute Gasteiger partial charge is 0.264 e. The molecular formula is C131H85N7. The van der Waals surface area contributed by atoms with Gasteiger partial charge < -0.3 is 0 Å². The SMILES string of the molecule is c1ccc(-c2cc(-c3ccccc3)nc(-c3ccccc3-c3ccc(-c4ccc5c6ccccc6c6ccccc6c5c4)cc3)n2)cc1.c1ccc(-c2cc(-c3ccccc3-c3ccc(-c4ccc5c6ccccc6c6ccccc6c5c4)cc3)cc(-c3ccccc3)n2)cc1.c1cncc(-c2ncnc(-c3cccc(-c4ccccc4-c4ccc5c6ccccc6c6ccccc6c5c4)c3)n2)c1. The van der Waals surface area contributed by atoms with Crippen molar-refractivity contribution in [3.05, 3.63) is 516 Å². The molecule has 0 saturated carbocycles. The van der Waals surface area contributed by atoms with Crippen LogP contribution in [0.15, 0.2) is 516 Å². The van der Waals surface area contributed by atoms with Gasteiger partial charge in [-0.2, -0.15) is 0 Å². The first-order valence-electron chi connectivity index (χ1n) is 46.8. The molecule has 0 fully saturated rings. The van der Waals surface area contributed by atoms with E-state index in [0.717, 1.165) is 89.5 Å². The van der Waals surface area contributed by atoms with Crippen LogP contribution < -0.4 is 0 Å². The van der Waals surface area contributed by atoms with E-state index in [2.05, 4.69) is 470 Å². The summed E-state index contributed by atoms with van der Waals surface area (Å²) in [4.78, 5) is 33.2. The Bertz CT molecular complexity index is 8520. The molecule has 0 aliphatic heterocycles. The third kappa shape index (κ3) is 16.0. The van der Waals surface area contributed by atoms with E-state index in [4.69, 9.17) is 19.9 Å².